The van der Waals surface area contributed by atoms with E-state index in [2.05, 4.69) is 23.4 Å². The predicted molar refractivity (Wildman–Crippen MR) is 74.4 cm³/mol. The third-order valence-electron chi connectivity index (χ3n) is 2.88. The van der Waals surface area contributed by atoms with Crippen molar-refractivity contribution in [1.82, 2.24) is 4.98 Å². The van der Waals surface area contributed by atoms with Crippen LogP contribution in [0.3, 0.4) is 0 Å². The monoisotopic (exact) mass is 262 g/mol. The van der Waals surface area contributed by atoms with Gasteiger partial charge in [0.1, 0.15) is 0 Å². The van der Waals surface area contributed by atoms with Gasteiger partial charge < -0.3 is 10.5 Å². The Hall–Kier alpha value is -1.23. The van der Waals surface area contributed by atoms with Crippen molar-refractivity contribution in [2.75, 3.05) is 0 Å². The van der Waals surface area contributed by atoms with Crippen molar-refractivity contribution in [1.29, 1.82) is 0 Å². The van der Waals surface area contributed by atoms with Crippen LogP contribution in [-0.4, -0.2) is 11.0 Å². The van der Waals surface area contributed by atoms with Crippen molar-refractivity contribution in [2.45, 2.75) is 32.1 Å². The molecule has 0 bridgehead atoms. The van der Waals surface area contributed by atoms with E-state index < -0.39 is 0 Å². The number of nitrogens with two attached hydrogens (primary N) is 1. The molecule has 2 aromatic heterocycles. The molecule has 0 saturated heterocycles. The Balaban J connectivity index is 2.06. The molecule has 2 heterocycles. The number of hydrogen-bond donors (Lipinski definition) is 1. The van der Waals surface area contributed by atoms with E-state index in [0.717, 1.165) is 12.0 Å². The van der Waals surface area contributed by atoms with Gasteiger partial charge in [0, 0.05) is 23.3 Å². The van der Waals surface area contributed by atoms with Gasteiger partial charge in [0.05, 0.1) is 12.7 Å². The molecule has 2 atom stereocenters. The Labute approximate surface area is 112 Å². The molecule has 2 aromatic rings. The molecule has 0 amide bonds. The van der Waals surface area contributed by atoms with Crippen LogP contribution in [0.15, 0.2) is 42.0 Å². The second-order valence-corrected chi connectivity index (χ2v) is 5.20. The van der Waals surface area contributed by atoms with Gasteiger partial charge >= 0.3 is 0 Å². The fourth-order valence-electron chi connectivity index (χ4n) is 1.80. The standard InChI is InChI=1S/C14H18N2OS/c1-2-13(15)14(11-5-7-16-8-6-11)17-10-12-4-3-9-18-12/h3-9,13-14H,2,10,15H2,1H3. The minimum atomic E-state index is -0.0694. The summed E-state index contributed by atoms with van der Waals surface area (Å²) in [5, 5.41) is 2.06. The van der Waals surface area contributed by atoms with Crippen molar-refractivity contribution < 1.29 is 4.74 Å². The Morgan fingerprint density at radius 3 is 2.72 bits per heavy atom. The van der Waals surface area contributed by atoms with Crippen molar-refractivity contribution >= 4 is 11.3 Å². The van der Waals surface area contributed by atoms with Crippen LogP contribution in [-0.2, 0) is 11.3 Å². The summed E-state index contributed by atoms with van der Waals surface area (Å²) in [5.74, 6) is 0. The summed E-state index contributed by atoms with van der Waals surface area (Å²) in [4.78, 5) is 5.25. The van der Waals surface area contributed by atoms with E-state index in [0.29, 0.717) is 6.61 Å². The average Bonchev–Trinajstić information content (AvgIpc) is 2.93. The van der Waals surface area contributed by atoms with Gasteiger partial charge in [-0.1, -0.05) is 13.0 Å². The van der Waals surface area contributed by atoms with Crippen LogP contribution in [0.4, 0.5) is 0 Å². The summed E-state index contributed by atoms with van der Waals surface area (Å²) in [6.07, 6.45) is 4.37. The lowest BCUT2D eigenvalue weighted by molar-refractivity contribution is 0.0226. The highest BCUT2D eigenvalue weighted by atomic mass is 32.1. The zero-order chi connectivity index (χ0) is 12.8. The van der Waals surface area contributed by atoms with Crippen LogP contribution in [0.25, 0.3) is 0 Å². The normalized spacial score (nSPS) is 14.3. The van der Waals surface area contributed by atoms with Gasteiger partial charge in [0.2, 0.25) is 0 Å². The van der Waals surface area contributed by atoms with E-state index in [1.54, 1.807) is 23.7 Å². The molecule has 0 fully saturated rings. The fraction of sp³-hybridized carbons (Fsp3) is 0.357. The van der Waals surface area contributed by atoms with E-state index in [4.69, 9.17) is 10.5 Å². The van der Waals surface area contributed by atoms with Gasteiger partial charge in [0.25, 0.3) is 0 Å². The molecule has 0 aromatic carbocycles. The molecule has 18 heavy (non-hydrogen) atoms. The second kappa shape index (κ2) is 6.64. The lowest BCUT2D eigenvalue weighted by Gasteiger charge is -2.23. The Kier molecular flexibility index (Phi) is 4.87. The van der Waals surface area contributed by atoms with Crippen molar-refractivity contribution in [3.8, 4) is 0 Å². The van der Waals surface area contributed by atoms with Crippen LogP contribution in [0, 0.1) is 0 Å². The molecule has 2 rings (SSSR count). The first-order valence-electron chi connectivity index (χ1n) is 6.10. The Morgan fingerprint density at radius 1 is 1.33 bits per heavy atom. The van der Waals surface area contributed by atoms with E-state index in [-0.39, 0.29) is 12.1 Å². The van der Waals surface area contributed by atoms with Gasteiger partial charge in [-0.2, -0.15) is 0 Å². The minimum absolute atomic E-state index is 0.00682. The number of nitrogens with zero attached hydrogens (tertiary/aromatic N) is 1. The Bertz CT molecular complexity index is 444. The largest absolute Gasteiger partial charge is 0.366 e. The molecule has 3 nitrogen and oxygen atoms in total. The molecule has 0 radical (unpaired) electrons. The lowest BCUT2D eigenvalue weighted by Crippen LogP contribution is -2.29. The first kappa shape index (κ1) is 13.2. The van der Waals surface area contributed by atoms with E-state index >= 15 is 0 Å². The quantitative estimate of drug-likeness (QED) is 0.870. The minimum Gasteiger partial charge on any atom is -0.366 e. The second-order valence-electron chi connectivity index (χ2n) is 4.16. The SMILES string of the molecule is CCC(N)C(OCc1cccs1)c1ccncc1. The van der Waals surface area contributed by atoms with Crippen LogP contribution in [0.1, 0.15) is 29.9 Å². The summed E-state index contributed by atoms with van der Waals surface area (Å²) < 4.78 is 5.98. The molecule has 0 aliphatic heterocycles. The summed E-state index contributed by atoms with van der Waals surface area (Å²) in [5.41, 5.74) is 7.24. The zero-order valence-corrected chi connectivity index (χ0v) is 11.3. The number of hydrogen-bond acceptors (Lipinski definition) is 4. The van der Waals surface area contributed by atoms with E-state index in [1.165, 1.54) is 4.88 Å². The topological polar surface area (TPSA) is 48.1 Å². The zero-order valence-electron chi connectivity index (χ0n) is 10.5. The molecular weight excluding hydrogens is 244 g/mol. The third-order valence-corrected chi connectivity index (χ3v) is 3.73. The summed E-state index contributed by atoms with van der Waals surface area (Å²) in [6, 6.07) is 8.05. The van der Waals surface area contributed by atoms with Crippen LogP contribution >= 0.6 is 11.3 Å². The molecule has 0 aliphatic carbocycles. The van der Waals surface area contributed by atoms with Gasteiger partial charge in [-0.3, -0.25) is 4.98 Å². The molecule has 0 saturated carbocycles. The highest BCUT2D eigenvalue weighted by Gasteiger charge is 2.19. The molecule has 4 heteroatoms. The summed E-state index contributed by atoms with van der Waals surface area (Å²) in [7, 11) is 0. The van der Waals surface area contributed by atoms with Gasteiger partial charge in [-0.15, -0.1) is 11.3 Å². The van der Waals surface area contributed by atoms with E-state index in [1.807, 2.05) is 18.2 Å². The first-order valence-corrected chi connectivity index (χ1v) is 6.98. The highest BCUT2D eigenvalue weighted by molar-refractivity contribution is 7.09. The number of pyridine rings is 1. The van der Waals surface area contributed by atoms with Crippen molar-refractivity contribution in [2.24, 2.45) is 5.73 Å². The number of rotatable bonds is 6. The molecule has 0 spiro atoms. The molecule has 0 aliphatic rings. The first-order chi connectivity index (χ1) is 8.81. The van der Waals surface area contributed by atoms with Gasteiger partial charge in [-0.05, 0) is 35.6 Å². The van der Waals surface area contributed by atoms with Crippen LogP contribution in [0.5, 0.6) is 0 Å². The Morgan fingerprint density at radius 2 is 2.11 bits per heavy atom. The van der Waals surface area contributed by atoms with Crippen molar-refractivity contribution in [3.05, 3.63) is 52.5 Å². The maximum absolute atomic E-state index is 6.15. The number of aromatic nitrogens is 1. The molecular formula is C14H18N2OS. The summed E-state index contributed by atoms with van der Waals surface area (Å²) >= 11 is 1.70. The van der Waals surface area contributed by atoms with Gasteiger partial charge in [0.15, 0.2) is 0 Å². The smallest absolute Gasteiger partial charge is 0.0981 e. The third kappa shape index (κ3) is 3.38. The summed E-state index contributed by atoms with van der Waals surface area (Å²) in [6.45, 7) is 2.69. The number of thiophene rings is 1. The average molecular weight is 262 g/mol. The number of ether oxygens (including phenoxy) is 1. The highest BCUT2D eigenvalue weighted by Crippen LogP contribution is 2.24. The molecule has 96 valence electrons. The lowest BCUT2D eigenvalue weighted by atomic mass is 10.0. The molecule has 2 N–H and O–H groups in total. The van der Waals surface area contributed by atoms with Crippen molar-refractivity contribution in [3.63, 3.8) is 0 Å². The predicted octanol–water partition coefficient (Wildman–Crippen LogP) is 3.14. The molecule has 2 unspecified atom stereocenters. The van der Waals surface area contributed by atoms with Crippen LogP contribution in [0.2, 0.25) is 0 Å². The maximum Gasteiger partial charge on any atom is 0.0981 e. The van der Waals surface area contributed by atoms with E-state index in [9.17, 15) is 0 Å². The van der Waals surface area contributed by atoms with Gasteiger partial charge in [-0.25, -0.2) is 0 Å². The van der Waals surface area contributed by atoms with Crippen LogP contribution < -0.4 is 5.73 Å². The maximum atomic E-state index is 6.15. The fourth-order valence-corrected chi connectivity index (χ4v) is 2.43.